The highest BCUT2D eigenvalue weighted by Crippen LogP contribution is 2.23. The summed E-state index contributed by atoms with van der Waals surface area (Å²) in [7, 11) is 0. The zero-order valence-corrected chi connectivity index (χ0v) is 14.7. The van der Waals surface area contributed by atoms with Crippen LogP contribution in [-0.2, 0) is 4.79 Å². The third-order valence-electron chi connectivity index (χ3n) is 3.61. The van der Waals surface area contributed by atoms with Gasteiger partial charge in [-0.15, -0.1) is 0 Å². The van der Waals surface area contributed by atoms with Gasteiger partial charge in [-0.1, -0.05) is 6.92 Å². The molecule has 1 atom stereocenters. The lowest BCUT2D eigenvalue weighted by Gasteiger charge is -2.23. The molecule has 23 heavy (non-hydrogen) atoms. The van der Waals surface area contributed by atoms with Crippen molar-refractivity contribution in [2.24, 2.45) is 5.92 Å². The number of carbonyl (C=O) groups excluding carboxylic acids is 1. The van der Waals surface area contributed by atoms with Crippen LogP contribution in [0.4, 0.5) is 5.69 Å². The summed E-state index contributed by atoms with van der Waals surface area (Å²) in [6.07, 6.45) is 6.67. The molecule has 6 nitrogen and oxygen atoms in total. The normalized spacial score (nSPS) is 12.2. The maximum Gasteiger partial charge on any atom is 0.230 e. The van der Waals surface area contributed by atoms with Gasteiger partial charge in [0.15, 0.2) is 6.20 Å². The van der Waals surface area contributed by atoms with Crippen molar-refractivity contribution in [1.82, 2.24) is 9.78 Å². The molecule has 1 amide bonds. The third-order valence-corrected chi connectivity index (χ3v) is 4.44. The lowest BCUT2D eigenvalue weighted by atomic mass is 10.1. The molecule has 0 fully saturated rings. The second-order valence-electron chi connectivity index (χ2n) is 5.41. The number of aryl methyl sites for hydroxylation is 1. The molecule has 2 heterocycles. The minimum absolute atomic E-state index is 0.0479. The third kappa shape index (κ3) is 3.85. The Balaban J connectivity index is 2.33. The molecule has 124 valence electrons. The molecule has 2 aromatic rings. The molecule has 0 aliphatic heterocycles. The monoisotopic (exact) mass is 334 g/mol. The first-order chi connectivity index (χ1) is 11.0. The Hall–Kier alpha value is -2.02. The van der Waals surface area contributed by atoms with Crippen molar-refractivity contribution in [3.63, 3.8) is 0 Å². The van der Waals surface area contributed by atoms with E-state index in [0.29, 0.717) is 12.2 Å². The molecule has 0 radical (unpaired) electrons. The van der Waals surface area contributed by atoms with E-state index in [2.05, 4.69) is 5.10 Å². The van der Waals surface area contributed by atoms with Crippen molar-refractivity contribution in [2.75, 3.05) is 23.5 Å². The first-order valence-corrected chi connectivity index (χ1v) is 8.93. The molecule has 1 unspecified atom stereocenters. The van der Waals surface area contributed by atoms with Gasteiger partial charge in [-0.25, -0.2) is 4.68 Å². The molecule has 0 spiro atoms. The Kier molecular flexibility index (Phi) is 5.65. The summed E-state index contributed by atoms with van der Waals surface area (Å²) in [4.78, 5) is 14.4. The standard InChI is InChI=1S/C16H22N4O2S/c1-5-19(16(21)12(2)11-23-4)15-10-20(17-13(15)3)14-7-6-8-18(22)9-14/h6-10,12H,5,11H2,1-4H3. The molecule has 0 saturated carbocycles. The van der Waals surface area contributed by atoms with Crippen molar-refractivity contribution >= 4 is 23.4 Å². The van der Waals surface area contributed by atoms with Gasteiger partial charge in [0.2, 0.25) is 12.1 Å². The number of nitrogens with zero attached hydrogens (tertiary/aromatic N) is 4. The van der Waals surface area contributed by atoms with E-state index in [9.17, 15) is 10.0 Å². The van der Waals surface area contributed by atoms with Crippen LogP contribution >= 0.6 is 11.8 Å². The van der Waals surface area contributed by atoms with Crippen LogP contribution in [0.3, 0.4) is 0 Å². The fourth-order valence-corrected chi connectivity index (χ4v) is 3.10. The number of aromatic nitrogens is 3. The van der Waals surface area contributed by atoms with Crippen molar-refractivity contribution in [1.29, 1.82) is 0 Å². The number of hydrogen-bond donors (Lipinski definition) is 0. The minimum Gasteiger partial charge on any atom is -0.619 e. The van der Waals surface area contributed by atoms with E-state index in [-0.39, 0.29) is 11.8 Å². The van der Waals surface area contributed by atoms with E-state index in [4.69, 9.17) is 0 Å². The first kappa shape index (κ1) is 17.3. The Labute approximate surface area is 140 Å². The summed E-state index contributed by atoms with van der Waals surface area (Å²) in [5.41, 5.74) is 2.21. The summed E-state index contributed by atoms with van der Waals surface area (Å²) in [6, 6.07) is 3.47. The largest absolute Gasteiger partial charge is 0.619 e. The summed E-state index contributed by atoms with van der Waals surface area (Å²) < 4.78 is 2.36. The second kappa shape index (κ2) is 7.50. The van der Waals surface area contributed by atoms with E-state index < -0.39 is 0 Å². The number of carbonyl (C=O) groups is 1. The van der Waals surface area contributed by atoms with Crippen LogP contribution in [0.1, 0.15) is 19.5 Å². The topological polar surface area (TPSA) is 65.1 Å². The number of anilines is 1. The van der Waals surface area contributed by atoms with Gasteiger partial charge in [-0.3, -0.25) is 4.79 Å². The van der Waals surface area contributed by atoms with E-state index in [1.807, 2.05) is 27.0 Å². The second-order valence-corrected chi connectivity index (χ2v) is 6.32. The van der Waals surface area contributed by atoms with Gasteiger partial charge in [-0.05, 0) is 26.2 Å². The highest BCUT2D eigenvalue weighted by Gasteiger charge is 2.23. The average Bonchev–Trinajstić information content (AvgIpc) is 2.90. The highest BCUT2D eigenvalue weighted by atomic mass is 32.2. The molecular weight excluding hydrogens is 312 g/mol. The Morgan fingerprint density at radius 1 is 1.57 bits per heavy atom. The minimum atomic E-state index is -0.0479. The maximum absolute atomic E-state index is 12.6. The summed E-state index contributed by atoms with van der Waals surface area (Å²) in [6.45, 7) is 6.35. The predicted molar refractivity (Wildman–Crippen MR) is 92.8 cm³/mol. The lowest BCUT2D eigenvalue weighted by molar-refractivity contribution is -0.605. The van der Waals surface area contributed by atoms with Crippen LogP contribution in [0.5, 0.6) is 0 Å². The summed E-state index contributed by atoms with van der Waals surface area (Å²) in [5, 5.41) is 15.9. The number of amides is 1. The quantitative estimate of drug-likeness (QED) is 0.600. The highest BCUT2D eigenvalue weighted by molar-refractivity contribution is 7.98. The fraction of sp³-hybridized carbons (Fsp3) is 0.438. The first-order valence-electron chi connectivity index (χ1n) is 7.53. The molecule has 0 aliphatic rings. The number of hydrogen-bond acceptors (Lipinski definition) is 4. The van der Waals surface area contributed by atoms with Crippen molar-refractivity contribution < 1.29 is 9.52 Å². The van der Waals surface area contributed by atoms with E-state index in [1.54, 1.807) is 39.7 Å². The van der Waals surface area contributed by atoms with Gasteiger partial charge in [0.25, 0.3) is 0 Å². The van der Waals surface area contributed by atoms with E-state index >= 15 is 0 Å². The molecule has 7 heteroatoms. The molecule has 0 N–H and O–H groups in total. The van der Waals surface area contributed by atoms with Crippen molar-refractivity contribution in [2.45, 2.75) is 20.8 Å². The number of pyridine rings is 1. The van der Waals surface area contributed by atoms with Crippen LogP contribution in [-0.4, -0.2) is 34.2 Å². The van der Waals surface area contributed by atoms with Crippen LogP contribution in [0, 0.1) is 18.0 Å². The molecule has 2 rings (SSSR count). The Morgan fingerprint density at radius 3 is 2.91 bits per heavy atom. The summed E-state index contributed by atoms with van der Waals surface area (Å²) >= 11 is 1.66. The molecule has 0 saturated heterocycles. The Morgan fingerprint density at radius 2 is 2.30 bits per heavy atom. The van der Waals surface area contributed by atoms with Gasteiger partial charge in [0, 0.05) is 24.3 Å². The van der Waals surface area contributed by atoms with Gasteiger partial charge in [-0.2, -0.15) is 21.6 Å². The average molecular weight is 334 g/mol. The van der Waals surface area contributed by atoms with Gasteiger partial charge in [0.1, 0.15) is 5.69 Å². The number of rotatable bonds is 6. The zero-order valence-electron chi connectivity index (χ0n) is 13.9. The molecule has 2 aromatic heterocycles. The van der Waals surface area contributed by atoms with Crippen molar-refractivity contribution in [3.8, 4) is 5.69 Å². The SMILES string of the molecule is CCN(C(=O)C(C)CSC)c1cn(-c2ccc[n+]([O-])c2)nc1C. The fourth-order valence-electron chi connectivity index (χ4n) is 2.46. The summed E-state index contributed by atoms with van der Waals surface area (Å²) in [5.74, 6) is 0.835. The maximum atomic E-state index is 12.6. The van der Waals surface area contributed by atoms with Crippen LogP contribution in [0.2, 0.25) is 0 Å². The molecule has 0 aromatic carbocycles. The van der Waals surface area contributed by atoms with Crippen LogP contribution < -0.4 is 9.63 Å². The predicted octanol–water partition coefficient (Wildman–Crippen LogP) is 2.17. The van der Waals surface area contributed by atoms with Gasteiger partial charge < -0.3 is 10.1 Å². The van der Waals surface area contributed by atoms with Gasteiger partial charge in [0.05, 0.1) is 17.6 Å². The molecule has 0 aliphatic carbocycles. The smallest absolute Gasteiger partial charge is 0.230 e. The van der Waals surface area contributed by atoms with Crippen LogP contribution in [0.25, 0.3) is 5.69 Å². The lowest BCUT2D eigenvalue weighted by Crippen LogP contribution is -2.36. The zero-order chi connectivity index (χ0) is 17.0. The van der Waals surface area contributed by atoms with Crippen molar-refractivity contribution in [3.05, 3.63) is 41.6 Å². The van der Waals surface area contributed by atoms with E-state index in [1.165, 1.54) is 12.4 Å². The molecular formula is C16H22N4O2S. The van der Waals surface area contributed by atoms with Crippen LogP contribution in [0.15, 0.2) is 30.7 Å². The van der Waals surface area contributed by atoms with Gasteiger partial charge >= 0.3 is 0 Å². The van der Waals surface area contributed by atoms with E-state index in [0.717, 1.165) is 21.9 Å². The molecule has 0 bridgehead atoms. The Bertz CT molecular complexity index is 686. The number of thioether (sulfide) groups is 1.